The van der Waals surface area contributed by atoms with Crippen molar-refractivity contribution >= 4 is 5.69 Å². The second-order valence-electron chi connectivity index (χ2n) is 4.34. The topological polar surface area (TPSA) is 30.5 Å². The van der Waals surface area contributed by atoms with Crippen LogP contribution in [0, 0.1) is 0 Å². The van der Waals surface area contributed by atoms with Crippen LogP contribution in [0.15, 0.2) is 48.5 Å². The fourth-order valence-corrected chi connectivity index (χ4v) is 2.06. The summed E-state index contributed by atoms with van der Waals surface area (Å²) in [5.74, 6) is 1.74. The molecule has 0 aliphatic heterocycles. The van der Waals surface area contributed by atoms with Crippen molar-refractivity contribution in [3.8, 4) is 11.5 Å². The second kappa shape index (κ2) is 6.14. The van der Waals surface area contributed by atoms with E-state index in [1.807, 2.05) is 42.5 Å². The molecule has 0 saturated heterocycles. The Labute approximate surface area is 114 Å². The van der Waals surface area contributed by atoms with Crippen molar-refractivity contribution in [2.24, 2.45) is 0 Å². The van der Waals surface area contributed by atoms with Gasteiger partial charge in [0.1, 0.15) is 11.5 Å². The Bertz CT molecular complexity index is 540. The number of ether oxygens (including phenoxy) is 2. The first-order valence-corrected chi connectivity index (χ1v) is 6.28. The monoisotopic (exact) mass is 257 g/mol. The minimum Gasteiger partial charge on any atom is -0.497 e. The molecule has 0 bridgehead atoms. The van der Waals surface area contributed by atoms with Crippen molar-refractivity contribution in [2.45, 2.75) is 13.0 Å². The number of rotatable bonds is 5. The lowest BCUT2D eigenvalue weighted by molar-refractivity contribution is 0.408. The molecule has 2 rings (SSSR count). The van der Waals surface area contributed by atoms with E-state index in [2.05, 4.69) is 18.3 Å². The van der Waals surface area contributed by atoms with E-state index < -0.39 is 0 Å². The number of methoxy groups -OCH3 is 2. The number of benzene rings is 2. The number of hydrogen-bond donors (Lipinski definition) is 1. The molecule has 0 aromatic heterocycles. The SMILES string of the molecule is COc1cccc(NC(C)c2ccccc2OC)c1. The maximum Gasteiger partial charge on any atom is 0.124 e. The average Bonchev–Trinajstić information content (AvgIpc) is 2.47. The molecule has 0 heterocycles. The van der Waals surface area contributed by atoms with Crippen LogP contribution >= 0.6 is 0 Å². The van der Waals surface area contributed by atoms with Gasteiger partial charge in [0.05, 0.1) is 20.3 Å². The largest absolute Gasteiger partial charge is 0.497 e. The Kier molecular flexibility index (Phi) is 4.29. The Morgan fingerprint density at radius 3 is 2.47 bits per heavy atom. The first kappa shape index (κ1) is 13.3. The molecule has 3 nitrogen and oxygen atoms in total. The lowest BCUT2D eigenvalue weighted by Crippen LogP contribution is -2.08. The number of para-hydroxylation sites is 1. The van der Waals surface area contributed by atoms with E-state index in [-0.39, 0.29) is 6.04 Å². The minimum absolute atomic E-state index is 0.156. The van der Waals surface area contributed by atoms with Crippen LogP contribution in [0.5, 0.6) is 11.5 Å². The highest BCUT2D eigenvalue weighted by Gasteiger charge is 2.10. The van der Waals surface area contributed by atoms with Crippen LogP contribution in [0.3, 0.4) is 0 Å². The van der Waals surface area contributed by atoms with Crippen molar-refractivity contribution in [1.82, 2.24) is 0 Å². The van der Waals surface area contributed by atoms with Gasteiger partial charge < -0.3 is 14.8 Å². The van der Waals surface area contributed by atoms with Crippen molar-refractivity contribution in [1.29, 1.82) is 0 Å². The predicted octanol–water partition coefficient (Wildman–Crippen LogP) is 3.88. The summed E-state index contributed by atoms with van der Waals surface area (Å²) in [6, 6.07) is 16.1. The van der Waals surface area contributed by atoms with Crippen LogP contribution in [0.1, 0.15) is 18.5 Å². The molecule has 0 radical (unpaired) electrons. The van der Waals surface area contributed by atoms with Gasteiger partial charge in [0, 0.05) is 17.3 Å². The zero-order valence-electron chi connectivity index (χ0n) is 11.5. The molecule has 0 saturated carbocycles. The van der Waals surface area contributed by atoms with Crippen LogP contribution in [0.25, 0.3) is 0 Å². The lowest BCUT2D eigenvalue weighted by atomic mass is 10.1. The number of anilines is 1. The molecule has 1 atom stereocenters. The third-order valence-corrected chi connectivity index (χ3v) is 3.06. The van der Waals surface area contributed by atoms with Crippen molar-refractivity contribution < 1.29 is 9.47 Å². The zero-order chi connectivity index (χ0) is 13.7. The summed E-state index contributed by atoms with van der Waals surface area (Å²) in [7, 11) is 3.36. The van der Waals surface area contributed by atoms with Gasteiger partial charge in [-0.25, -0.2) is 0 Å². The van der Waals surface area contributed by atoms with E-state index in [4.69, 9.17) is 9.47 Å². The summed E-state index contributed by atoms with van der Waals surface area (Å²) < 4.78 is 10.6. The van der Waals surface area contributed by atoms with Crippen LogP contribution in [-0.4, -0.2) is 14.2 Å². The van der Waals surface area contributed by atoms with Crippen molar-refractivity contribution in [2.75, 3.05) is 19.5 Å². The van der Waals surface area contributed by atoms with Gasteiger partial charge in [0.15, 0.2) is 0 Å². The van der Waals surface area contributed by atoms with E-state index in [1.165, 1.54) is 0 Å². The van der Waals surface area contributed by atoms with E-state index in [9.17, 15) is 0 Å². The molecule has 1 unspecified atom stereocenters. The molecular formula is C16H19NO2. The summed E-state index contributed by atoms with van der Waals surface area (Å²) in [6.07, 6.45) is 0. The van der Waals surface area contributed by atoms with Crippen LogP contribution < -0.4 is 14.8 Å². The molecular weight excluding hydrogens is 238 g/mol. The summed E-state index contributed by atoms with van der Waals surface area (Å²) in [5.41, 5.74) is 2.16. The van der Waals surface area contributed by atoms with E-state index >= 15 is 0 Å². The normalized spacial score (nSPS) is 11.7. The molecule has 2 aromatic rings. The van der Waals surface area contributed by atoms with Gasteiger partial charge >= 0.3 is 0 Å². The molecule has 3 heteroatoms. The van der Waals surface area contributed by atoms with E-state index in [0.29, 0.717) is 0 Å². The fourth-order valence-electron chi connectivity index (χ4n) is 2.06. The summed E-state index contributed by atoms with van der Waals surface area (Å²) in [5, 5.41) is 3.45. The summed E-state index contributed by atoms with van der Waals surface area (Å²) >= 11 is 0. The lowest BCUT2D eigenvalue weighted by Gasteiger charge is -2.18. The molecule has 100 valence electrons. The highest BCUT2D eigenvalue weighted by molar-refractivity contribution is 5.51. The quantitative estimate of drug-likeness (QED) is 0.881. The van der Waals surface area contributed by atoms with Crippen molar-refractivity contribution in [3.63, 3.8) is 0 Å². The Morgan fingerprint density at radius 1 is 0.947 bits per heavy atom. The van der Waals surface area contributed by atoms with Gasteiger partial charge in [-0.2, -0.15) is 0 Å². The average molecular weight is 257 g/mol. The molecule has 0 fully saturated rings. The summed E-state index contributed by atoms with van der Waals surface area (Å²) in [6.45, 7) is 2.11. The second-order valence-corrected chi connectivity index (χ2v) is 4.34. The van der Waals surface area contributed by atoms with Crippen LogP contribution in [0.2, 0.25) is 0 Å². The molecule has 19 heavy (non-hydrogen) atoms. The molecule has 0 amide bonds. The van der Waals surface area contributed by atoms with E-state index in [0.717, 1.165) is 22.7 Å². The highest BCUT2D eigenvalue weighted by atomic mass is 16.5. The molecule has 1 N–H and O–H groups in total. The molecule has 0 aliphatic rings. The molecule has 0 spiro atoms. The van der Waals surface area contributed by atoms with Gasteiger partial charge in [-0.05, 0) is 25.1 Å². The van der Waals surface area contributed by atoms with Gasteiger partial charge in [-0.1, -0.05) is 24.3 Å². The van der Waals surface area contributed by atoms with Gasteiger partial charge in [-0.3, -0.25) is 0 Å². The maximum absolute atomic E-state index is 5.38. The van der Waals surface area contributed by atoms with Gasteiger partial charge in [0.25, 0.3) is 0 Å². The Hall–Kier alpha value is -2.16. The fraction of sp³-hybridized carbons (Fsp3) is 0.250. The van der Waals surface area contributed by atoms with Crippen molar-refractivity contribution in [3.05, 3.63) is 54.1 Å². The number of hydrogen-bond acceptors (Lipinski definition) is 3. The molecule has 2 aromatic carbocycles. The predicted molar refractivity (Wildman–Crippen MR) is 78.0 cm³/mol. The number of nitrogens with one attached hydrogen (secondary N) is 1. The van der Waals surface area contributed by atoms with E-state index in [1.54, 1.807) is 14.2 Å². The Balaban J connectivity index is 2.18. The Morgan fingerprint density at radius 2 is 1.74 bits per heavy atom. The van der Waals surface area contributed by atoms with Crippen LogP contribution in [-0.2, 0) is 0 Å². The minimum atomic E-state index is 0.156. The zero-order valence-corrected chi connectivity index (χ0v) is 11.5. The first-order chi connectivity index (χ1) is 9.24. The highest BCUT2D eigenvalue weighted by Crippen LogP contribution is 2.28. The summed E-state index contributed by atoms with van der Waals surface area (Å²) in [4.78, 5) is 0. The third-order valence-electron chi connectivity index (χ3n) is 3.06. The smallest absolute Gasteiger partial charge is 0.124 e. The third kappa shape index (κ3) is 3.19. The van der Waals surface area contributed by atoms with Gasteiger partial charge in [0.2, 0.25) is 0 Å². The van der Waals surface area contributed by atoms with Crippen LogP contribution in [0.4, 0.5) is 5.69 Å². The maximum atomic E-state index is 5.38. The van der Waals surface area contributed by atoms with Gasteiger partial charge in [-0.15, -0.1) is 0 Å². The standard InChI is InChI=1S/C16H19NO2/c1-12(15-9-4-5-10-16(15)19-3)17-13-7-6-8-14(11-13)18-2/h4-12,17H,1-3H3. The first-order valence-electron chi connectivity index (χ1n) is 6.28. The molecule has 0 aliphatic carbocycles.